The van der Waals surface area contributed by atoms with Crippen molar-refractivity contribution < 1.29 is 4.79 Å². The monoisotopic (exact) mass is 246 g/mol. The molecule has 1 aromatic carbocycles. The Morgan fingerprint density at radius 3 is 2.72 bits per heavy atom. The number of aromatic nitrogens is 4. The first-order chi connectivity index (χ1) is 8.79. The zero-order valence-corrected chi connectivity index (χ0v) is 9.76. The maximum atomic E-state index is 11.8. The fourth-order valence-corrected chi connectivity index (χ4v) is 1.51. The number of hydrogen-bond donors (Lipinski definition) is 3. The van der Waals surface area contributed by atoms with E-state index in [1.165, 1.54) is 0 Å². The third-order valence-electron chi connectivity index (χ3n) is 2.45. The normalized spacial score (nSPS) is 10.3. The topological polar surface area (TPSA) is 110 Å². The summed E-state index contributed by atoms with van der Waals surface area (Å²) in [6.07, 6.45) is 0.810. The largest absolute Gasteiger partial charge is 0.345 e. The Kier molecular flexibility index (Phi) is 3.98. The van der Waals surface area contributed by atoms with Gasteiger partial charge in [0.1, 0.15) is 0 Å². The van der Waals surface area contributed by atoms with Gasteiger partial charge in [0.15, 0.2) is 5.82 Å². The first kappa shape index (κ1) is 12.2. The molecule has 0 atom stereocenters. The van der Waals surface area contributed by atoms with Gasteiger partial charge in [0.25, 0.3) is 5.91 Å². The Balaban J connectivity index is 1.92. The molecule has 1 amide bonds. The van der Waals surface area contributed by atoms with Crippen LogP contribution >= 0.6 is 0 Å². The molecule has 0 fully saturated rings. The summed E-state index contributed by atoms with van der Waals surface area (Å²) in [6, 6.07) is 7.35. The summed E-state index contributed by atoms with van der Waals surface area (Å²) in [5.74, 6) is 0.280. The summed E-state index contributed by atoms with van der Waals surface area (Å²) in [6.45, 7) is 0.850. The maximum absolute atomic E-state index is 11.8. The van der Waals surface area contributed by atoms with Gasteiger partial charge in [-0.25, -0.2) is 0 Å². The van der Waals surface area contributed by atoms with Crippen molar-refractivity contribution in [3.05, 3.63) is 41.2 Å². The highest BCUT2D eigenvalue weighted by Crippen LogP contribution is 2.04. The second kappa shape index (κ2) is 5.87. The predicted molar refractivity (Wildman–Crippen MR) is 64.5 cm³/mol. The highest BCUT2D eigenvalue weighted by molar-refractivity contribution is 5.94. The number of tetrazole rings is 1. The van der Waals surface area contributed by atoms with E-state index >= 15 is 0 Å². The standard InChI is InChI=1S/C11H14N6O/c12-6-5-8-1-3-9(4-2-8)11(18)13-7-10-14-16-17-15-10/h1-4H,5-7,12H2,(H,13,18)(H,14,15,16,17). The molecule has 0 radical (unpaired) electrons. The molecule has 0 unspecified atom stereocenters. The summed E-state index contributed by atoms with van der Waals surface area (Å²) >= 11 is 0. The summed E-state index contributed by atoms with van der Waals surface area (Å²) in [4.78, 5) is 11.8. The molecule has 94 valence electrons. The third kappa shape index (κ3) is 3.11. The van der Waals surface area contributed by atoms with Crippen LogP contribution in [0, 0.1) is 0 Å². The van der Waals surface area contributed by atoms with Crippen molar-refractivity contribution >= 4 is 5.91 Å². The Labute approximate surface area is 104 Å². The number of aromatic amines is 1. The number of nitrogens with one attached hydrogen (secondary N) is 2. The quantitative estimate of drug-likeness (QED) is 0.667. The molecule has 0 bridgehead atoms. The van der Waals surface area contributed by atoms with Crippen LogP contribution in [0.5, 0.6) is 0 Å². The second-order valence-electron chi connectivity index (χ2n) is 3.75. The van der Waals surface area contributed by atoms with Crippen LogP contribution in [0.15, 0.2) is 24.3 Å². The number of carbonyl (C=O) groups is 1. The molecule has 0 saturated heterocycles. The number of H-pyrrole nitrogens is 1. The van der Waals surface area contributed by atoms with Crippen LogP contribution in [0.3, 0.4) is 0 Å². The molecule has 0 aliphatic carbocycles. The highest BCUT2D eigenvalue weighted by Gasteiger charge is 2.06. The second-order valence-corrected chi connectivity index (χ2v) is 3.75. The van der Waals surface area contributed by atoms with Gasteiger partial charge in [0.2, 0.25) is 0 Å². The number of carbonyl (C=O) groups excluding carboxylic acids is 1. The minimum Gasteiger partial charge on any atom is -0.345 e. The number of amides is 1. The average Bonchev–Trinajstić information content (AvgIpc) is 2.90. The number of benzene rings is 1. The molecule has 2 aromatic rings. The van der Waals surface area contributed by atoms with Gasteiger partial charge in [0, 0.05) is 5.56 Å². The molecular formula is C11H14N6O. The first-order valence-corrected chi connectivity index (χ1v) is 5.59. The first-order valence-electron chi connectivity index (χ1n) is 5.59. The van der Waals surface area contributed by atoms with Crippen LogP contribution in [-0.4, -0.2) is 33.1 Å². The van der Waals surface area contributed by atoms with Gasteiger partial charge in [-0.1, -0.05) is 17.3 Å². The van der Waals surface area contributed by atoms with Gasteiger partial charge in [-0.15, -0.1) is 10.2 Å². The van der Waals surface area contributed by atoms with Crippen molar-refractivity contribution in [1.29, 1.82) is 0 Å². The van der Waals surface area contributed by atoms with E-state index in [0.29, 0.717) is 17.9 Å². The van der Waals surface area contributed by atoms with Crippen molar-refractivity contribution in [2.24, 2.45) is 5.73 Å². The molecular weight excluding hydrogens is 232 g/mol. The average molecular weight is 246 g/mol. The van der Waals surface area contributed by atoms with Gasteiger partial charge in [-0.05, 0) is 30.7 Å². The van der Waals surface area contributed by atoms with E-state index in [9.17, 15) is 4.79 Å². The Morgan fingerprint density at radius 1 is 1.33 bits per heavy atom. The summed E-state index contributed by atoms with van der Waals surface area (Å²) in [5, 5.41) is 15.9. The molecule has 2 rings (SSSR count). The molecule has 0 saturated carbocycles. The maximum Gasteiger partial charge on any atom is 0.251 e. The highest BCUT2D eigenvalue weighted by atomic mass is 16.1. The van der Waals surface area contributed by atoms with Crippen LogP contribution in [-0.2, 0) is 13.0 Å². The van der Waals surface area contributed by atoms with Crippen LogP contribution in [0.4, 0.5) is 0 Å². The van der Waals surface area contributed by atoms with Crippen molar-refractivity contribution in [3.8, 4) is 0 Å². The minimum atomic E-state index is -0.168. The minimum absolute atomic E-state index is 0.168. The molecule has 4 N–H and O–H groups in total. The fraction of sp³-hybridized carbons (Fsp3) is 0.273. The van der Waals surface area contributed by atoms with Crippen LogP contribution < -0.4 is 11.1 Å². The Morgan fingerprint density at radius 2 is 2.11 bits per heavy atom. The van der Waals surface area contributed by atoms with Crippen molar-refractivity contribution in [3.63, 3.8) is 0 Å². The van der Waals surface area contributed by atoms with E-state index in [1.807, 2.05) is 12.1 Å². The Hall–Kier alpha value is -2.28. The van der Waals surface area contributed by atoms with Gasteiger partial charge < -0.3 is 11.1 Å². The summed E-state index contributed by atoms with van der Waals surface area (Å²) in [5.41, 5.74) is 7.17. The van der Waals surface area contributed by atoms with Gasteiger partial charge in [-0.3, -0.25) is 4.79 Å². The molecule has 0 aliphatic rings. The van der Waals surface area contributed by atoms with E-state index in [1.54, 1.807) is 12.1 Å². The lowest BCUT2D eigenvalue weighted by atomic mass is 10.1. The molecule has 7 nitrogen and oxygen atoms in total. The van der Waals surface area contributed by atoms with E-state index in [4.69, 9.17) is 5.73 Å². The lowest BCUT2D eigenvalue weighted by Gasteiger charge is -2.04. The number of rotatable bonds is 5. The summed E-state index contributed by atoms with van der Waals surface area (Å²) in [7, 11) is 0. The number of nitrogens with zero attached hydrogens (tertiary/aromatic N) is 3. The fourth-order valence-electron chi connectivity index (χ4n) is 1.51. The zero-order valence-electron chi connectivity index (χ0n) is 9.76. The Bertz CT molecular complexity index is 493. The van der Waals surface area contributed by atoms with Gasteiger partial charge >= 0.3 is 0 Å². The smallest absolute Gasteiger partial charge is 0.251 e. The molecule has 1 heterocycles. The van der Waals surface area contributed by atoms with E-state index < -0.39 is 0 Å². The molecule has 7 heteroatoms. The molecule has 0 aliphatic heterocycles. The lowest BCUT2D eigenvalue weighted by molar-refractivity contribution is 0.0950. The van der Waals surface area contributed by atoms with Crippen LogP contribution in [0.25, 0.3) is 0 Å². The van der Waals surface area contributed by atoms with Crippen LogP contribution in [0.2, 0.25) is 0 Å². The van der Waals surface area contributed by atoms with Gasteiger partial charge in [-0.2, -0.15) is 5.21 Å². The number of hydrogen-bond acceptors (Lipinski definition) is 5. The van der Waals surface area contributed by atoms with Crippen molar-refractivity contribution in [1.82, 2.24) is 25.9 Å². The number of nitrogens with two attached hydrogens (primary N) is 1. The SMILES string of the molecule is NCCc1ccc(C(=O)NCc2nn[nH]n2)cc1. The van der Waals surface area contributed by atoms with E-state index in [-0.39, 0.29) is 12.5 Å². The molecule has 1 aromatic heterocycles. The lowest BCUT2D eigenvalue weighted by Crippen LogP contribution is -2.23. The van der Waals surface area contributed by atoms with Crippen molar-refractivity contribution in [2.75, 3.05) is 6.54 Å². The van der Waals surface area contributed by atoms with E-state index in [0.717, 1.165) is 12.0 Å². The summed E-state index contributed by atoms with van der Waals surface area (Å²) < 4.78 is 0. The van der Waals surface area contributed by atoms with Crippen LogP contribution in [0.1, 0.15) is 21.7 Å². The van der Waals surface area contributed by atoms with Crippen molar-refractivity contribution in [2.45, 2.75) is 13.0 Å². The van der Waals surface area contributed by atoms with E-state index in [2.05, 4.69) is 25.9 Å². The third-order valence-corrected chi connectivity index (χ3v) is 2.45. The van der Waals surface area contributed by atoms with Gasteiger partial charge in [0.05, 0.1) is 6.54 Å². The predicted octanol–water partition coefficient (Wildman–Crippen LogP) is -0.369. The zero-order chi connectivity index (χ0) is 12.8. The molecule has 0 spiro atoms. The molecule has 18 heavy (non-hydrogen) atoms.